The molecule has 3 rings (SSSR count). The Bertz CT molecular complexity index is 772. The van der Waals surface area contributed by atoms with Crippen LogP contribution in [-0.2, 0) is 0 Å². The zero-order chi connectivity index (χ0) is 11.8. The first-order chi connectivity index (χ1) is 8.28. The highest BCUT2D eigenvalue weighted by atomic mass is 79.9. The molecule has 0 amide bonds. The first-order valence-corrected chi connectivity index (χ1v) is 6.12. The largest absolute Gasteiger partial charge is 0.456 e. The van der Waals surface area contributed by atoms with Gasteiger partial charge < -0.3 is 4.42 Å². The molecule has 1 nitrogen and oxygen atoms in total. The Morgan fingerprint density at radius 2 is 1.71 bits per heavy atom. The SMILES string of the molecule is CC#Cc1ccc2oc3ccc(Br)cc3c2c1. The standard InChI is InChI=1S/C15H9BrO/c1-2-3-10-4-6-14-12(8-10)13-9-11(16)5-7-15(13)17-14/h4-9H,1H3. The Morgan fingerprint density at radius 1 is 1.00 bits per heavy atom. The summed E-state index contributed by atoms with van der Waals surface area (Å²) in [6.45, 7) is 1.84. The molecule has 0 aliphatic rings. The molecule has 3 aromatic rings. The number of hydrogen-bond acceptors (Lipinski definition) is 1. The van der Waals surface area contributed by atoms with Crippen LogP contribution in [0, 0.1) is 11.8 Å². The minimum atomic E-state index is 0.903. The summed E-state index contributed by atoms with van der Waals surface area (Å²) >= 11 is 3.48. The molecule has 0 bridgehead atoms. The Morgan fingerprint density at radius 3 is 2.47 bits per heavy atom. The van der Waals surface area contributed by atoms with Gasteiger partial charge in [0.2, 0.25) is 0 Å². The second-order valence-electron chi connectivity index (χ2n) is 3.83. The summed E-state index contributed by atoms with van der Waals surface area (Å²) in [5.41, 5.74) is 2.83. The molecule has 0 unspecified atom stereocenters. The fraction of sp³-hybridized carbons (Fsp3) is 0.0667. The van der Waals surface area contributed by atoms with E-state index in [-0.39, 0.29) is 0 Å². The average Bonchev–Trinajstić information content (AvgIpc) is 2.67. The van der Waals surface area contributed by atoms with Gasteiger partial charge in [-0.2, -0.15) is 0 Å². The van der Waals surface area contributed by atoms with E-state index in [0.29, 0.717) is 0 Å². The highest BCUT2D eigenvalue weighted by molar-refractivity contribution is 9.10. The molecule has 1 aromatic heterocycles. The minimum Gasteiger partial charge on any atom is -0.456 e. The van der Waals surface area contributed by atoms with Crippen LogP contribution >= 0.6 is 15.9 Å². The van der Waals surface area contributed by atoms with Crippen LogP contribution in [0.3, 0.4) is 0 Å². The number of furan rings is 1. The zero-order valence-corrected chi connectivity index (χ0v) is 10.8. The van der Waals surface area contributed by atoms with Crippen molar-refractivity contribution < 1.29 is 4.42 Å². The predicted octanol–water partition coefficient (Wildman–Crippen LogP) is 4.72. The molecular weight excluding hydrogens is 276 g/mol. The van der Waals surface area contributed by atoms with Crippen LogP contribution in [0.4, 0.5) is 0 Å². The number of fused-ring (bicyclic) bond motifs is 3. The van der Waals surface area contributed by atoms with Crippen molar-refractivity contribution in [3.05, 3.63) is 46.4 Å². The third-order valence-corrected chi connectivity index (χ3v) is 3.19. The van der Waals surface area contributed by atoms with E-state index in [2.05, 4.69) is 39.9 Å². The van der Waals surface area contributed by atoms with Crippen molar-refractivity contribution in [2.75, 3.05) is 0 Å². The van der Waals surface area contributed by atoms with Crippen LogP contribution in [0.1, 0.15) is 12.5 Å². The molecule has 0 aliphatic heterocycles. The highest BCUT2D eigenvalue weighted by Crippen LogP contribution is 2.31. The van der Waals surface area contributed by atoms with Gasteiger partial charge in [-0.05, 0) is 43.3 Å². The van der Waals surface area contributed by atoms with Crippen molar-refractivity contribution >= 4 is 37.9 Å². The summed E-state index contributed by atoms with van der Waals surface area (Å²) in [4.78, 5) is 0. The van der Waals surface area contributed by atoms with Crippen molar-refractivity contribution in [1.82, 2.24) is 0 Å². The minimum absolute atomic E-state index is 0.903. The van der Waals surface area contributed by atoms with Crippen LogP contribution in [0.25, 0.3) is 21.9 Å². The number of hydrogen-bond donors (Lipinski definition) is 0. The van der Waals surface area contributed by atoms with Crippen LogP contribution < -0.4 is 0 Å². The lowest BCUT2D eigenvalue weighted by Crippen LogP contribution is -1.73. The molecule has 0 saturated heterocycles. The van der Waals surface area contributed by atoms with Gasteiger partial charge in [-0.3, -0.25) is 0 Å². The molecule has 82 valence electrons. The van der Waals surface area contributed by atoms with Gasteiger partial charge in [0.15, 0.2) is 0 Å². The first kappa shape index (κ1) is 10.4. The molecule has 0 spiro atoms. The molecule has 17 heavy (non-hydrogen) atoms. The lowest BCUT2D eigenvalue weighted by atomic mass is 10.1. The smallest absolute Gasteiger partial charge is 0.135 e. The molecule has 1 heterocycles. The van der Waals surface area contributed by atoms with Gasteiger partial charge in [-0.25, -0.2) is 0 Å². The maximum atomic E-state index is 5.77. The summed E-state index contributed by atoms with van der Waals surface area (Å²) in [5, 5.41) is 2.23. The Kier molecular flexibility index (Phi) is 2.42. The van der Waals surface area contributed by atoms with Crippen LogP contribution in [0.15, 0.2) is 45.3 Å². The highest BCUT2D eigenvalue weighted by Gasteiger charge is 2.07. The van der Waals surface area contributed by atoms with Gasteiger partial charge >= 0.3 is 0 Å². The van der Waals surface area contributed by atoms with Crippen molar-refractivity contribution in [2.45, 2.75) is 6.92 Å². The number of rotatable bonds is 0. The fourth-order valence-corrected chi connectivity index (χ4v) is 2.33. The molecule has 0 aliphatic carbocycles. The van der Waals surface area contributed by atoms with Crippen molar-refractivity contribution in [2.24, 2.45) is 0 Å². The van der Waals surface area contributed by atoms with E-state index >= 15 is 0 Å². The summed E-state index contributed by atoms with van der Waals surface area (Å²) in [5.74, 6) is 5.98. The third kappa shape index (κ3) is 1.73. The van der Waals surface area contributed by atoms with E-state index in [4.69, 9.17) is 4.42 Å². The number of halogens is 1. The first-order valence-electron chi connectivity index (χ1n) is 5.32. The second kappa shape index (κ2) is 3.94. The fourth-order valence-electron chi connectivity index (χ4n) is 1.97. The third-order valence-electron chi connectivity index (χ3n) is 2.70. The van der Waals surface area contributed by atoms with Crippen LogP contribution in [-0.4, -0.2) is 0 Å². The lowest BCUT2D eigenvalue weighted by Gasteiger charge is -1.92. The summed E-state index contributed by atoms with van der Waals surface area (Å²) in [7, 11) is 0. The predicted molar refractivity (Wildman–Crippen MR) is 74.0 cm³/mol. The average molecular weight is 285 g/mol. The maximum absolute atomic E-state index is 5.77. The summed E-state index contributed by atoms with van der Waals surface area (Å²) < 4.78 is 6.83. The quantitative estimate of drug-likeness (QED) is 0.545. The van der Waals surface area contributed by atoms with Gasteiger partial charge in [0.05, 0.1) is 0 Å². The topological polar surface area (TPSA) is 13.1 Å². The summed E-state index contributed by atoms with van der Waals surface area (Å²) in [6.07, 6.45) is 0. The Labute approximate surface area is 108 Å². The van der Waals surface area contributed by atoms with Crippen LogP contribution in [0.5, 0.6) is 0 Å². The van der Waals surface area contributed by atoms with Crippen LogP contribution in [0.2, 0.25) is 0 Å². The zero-order valence-electron chi connectivity index (χ0n) is 9.25. The van der Waals surface area contributed by atoms with Gasteiger partial charge in [0.25, 0.3) is 0 Å². The number of benzene rings is 2. The molecular formula is C15H9BrO. The molecule has 0 radical (unpaired) electrons. The molecule has 0 saturated carbocycles. The van der Waals surface area contributed by atoms with E-state index in [1.165, 1.54) is 0 Å². The van der Waals surface area contributed by atoms with Gasteiger partial charge in [-0.1, -0.05) is 21.9 Å². The van der Waals surface area contributed by atoms with Crippen molar-refractivity contribution in [1.29, 1.82) is 0 Å². The second-order valence-corrected chi connectivity index (χ2v) is 4.74. The molecule has 2 aromatic carbocycles. The van der Waals surface area contributed by atoms with E-state index < -0.39 is 0 Å². The van der Waals surface area contributed by atoms with Crippen molar-refractivity contribution in [3.8, 4) is 11.8 Å². The van der Waals surface area contributed by atoms with Gasteiger partial charge in [-0.15, -0.1) is 5.92 Å². The molecule has 0 fully saturated rings. The maximum Gasteiger partial charge on any atom is 0.135 e. The molecule has 2 heteroatoms. The van der Waals surface area contributed by atoms with E-state index in [1.807, 2.05) is 31.2 Å². The van der Waals surface area contributed by atoms with E-state index in [0.717, 1.165) is 32.0 Å². The molecule has 0 atom stereocenters. The monoisotopic (exact) mass is 284 g/mol. The van der Waals surface area contributed by atoms with Gasteiger partial charge in [0.1, 0.15) is 11.2 Å². The Hall–Kier alpha value is -1.72. The summed E-state index contributed by atoms with van der Waals surface area (Å²) in [6, 6.07) is 12.1. The Balaban J connectivity index is 2.42. The van der Waals surface area contributed by atoms with E-state index in [1.54, 1.807) is 0 Å². The lowest BCUT2D eigenvalue weighted by molar-refractivity contribution is 0.669. The molecule has 0 N–H and O–H groups in total. The van der Waals surface area contributed by atoms with Gasteiger partial charge in [0, 0.05) is 20.8 Å². The van der Waals surface area contributed by atoms with E-state index in [9.17, 15) is 0 Å². The van der Waals surface area contributed by atoms with Crippen molar-refractivity contribution in [3.63, 3.8) is 0 Å². The normalized spacial score (nSPS) is 10.5.